The summed E-state index contributed by atoms with van der Waals surface area (Å²) in [5.74, 6) is 0. The van der Waals surface area contributed by atoms with Crippen LogP contribution >= 0.6 is 61.3 Å². The van der Waals surface area contributed by atoms with Crippen LogP contribution in [0.1, 0.15) is 0 Å². The zero-order valence-corrected chi connectivity index (χ0v) is 68.0. The van der Waals surface area contributed by atoms with Gasteiger partial charge in [-0.1, -0.05) is 271 Å². The molecule has 0 unspecified atom stereocenters. The van der Waals surface area contributed by atoms with Gasteiger partial charge in [-0.3, -0.25) is 0 Å². The molecule has 0 amide bonds. The van der Waals surface area contributed by atoms with E-state index in [1.54, 1.807) is 0 Å². The third-order valence-electron chi connectivity index (χ3n) is 22.7. The molecule has 0 atom stereocenters. The zero-order chi connectivity index (χ0) is 77.4. The lowest BCUT2D eigenvalue weighted by Gasteiger charge is -2.26. The first-order chi connectivity index (χ1) is 57.9. The van der Waals surface area contributed by atoms with Crippen LogP contribution in [0.2, 0.25) is 0 Å². The van der Waals surface area contributed by atoms with Crippen LogP contribution in [-0.2, 0) is 0 Å². The van der Waals surface area contributed by atoms with E-state index in [0.717, 1.165) is 32.9 Å². The van der Waals surface area contributed by atoms with Crippen molar-refractivity contribution in [3.63, 3.8) is 0 Å². The number of fused-ring (bicyclic) bond motifs is 20. The number of nitrogens with one attached hydrogen (secondary N) is 1. The molecular weight excluding hydrogens is 1560 g/mol. The second-order valence-electron chi connectivity index (χ2n) is 29.6. The fraction of sp³-hybridized carbons (Fsp3) is 0. The Balaban J connectivity index is 0.000000118. The Morgan fingerprint density at radius 3 is 1.03 bits per heavy atom. The van der Waals surface area contributed by atoms with Crippen molar-refractivity contribution < 1.29 is 0 Å². The molecule has 0 aliphatic carbocycles. The smallest absolute Gasteiger partial charge is 0.0634 e. The highest BCUT2D eigenvalue weighted by molar-refractivity contribution is 9.10. The van der Waals surface area contributed by atoms with Gasteiger partial charge in [0.25, 0.3) is 0 Å². The second kappa shape index (κ2) is 29.7. The van der Waals surface area contributed by atoms with Gasteiger partial charge in [-0.25, -0.2) is 0 Å². The summed E-state index contributed by atoms with van der Waals surface area (Å²) in [6.07, 6.45) is 0. The minimum absolute atomic E-state index is 1.10. The van der Waals surface area contributed by atoms with Crippen LogP contribution < -0.4 is 10.2 Å². The van der Waals surface area contributed by atoms with E-state index in [0.29, 0.717) is 0 Å². The normalized spacial score (nSPS) is 11.6. The van der Waals surface area contributed by atoms with Gasteiger partial charge in [0.15, 0.2) is 0 Å². The fourth-order valence-electron chi connectivity index (χ4n) is 17.3. The molecule has 1 N–H and O–H groups in total. The first-order valence-electron chi connectivity index (χ1n) is 39.4. The minimum atomic E-state index is 1.10. The molecule has 0 spiro atoms. The van der Waals surface area contributed by atoms with Crippen molar-refractivity contribution in [2.75, 3.05) is 10.2 Å². The maximum absolute atomic E-state index is 3.60. The Bertz CT molecular complexity index is 7880. The van der Waals surface area contributed by atoms with Crippen LogP contribution in [0.3, 0.4) is 0 Å². The molecule has 0 bridgehead atoms. The predicted molar refractivity (Wildman–Crippen MR) is 513 cm³/mol. The van der Waals surface area contributed by atoms with Crippen molar-refractivity contribution in [2.24, 2.45) is 0 Å². The Kier molecular flexibility index (Phi) is 17.8. The van der Waals surface area contributed by atoms with Crippen LogP contribution in [-0.4, -0.2) is 9.13 Å². The first kappa shape index (κ1) is 70.2. The Morgan fingerprint density at radius 1 is 0.231 bits per heavy atom. The van der Waals surface area contributed by atoms with Crippen LogP contribution in [0.15, 0.2) is 417 Å². The molecule has 0 radical (unpaired) electrons. The lowest BCUT2D eigenvalue weighted by atomic mass is 9.98. The van der Waals surface area contributed by atoms with Gasteiger partial charge in [0.2, 0.25) is 0 Å². The molecule has 0 saturated heterocycles. The lowest BCUT2D eigenvalue weighted by Crippen LogP contribution is -2.09. The van der Waals surface area contributed by atoms with Crippen molar-refractivity contribution in [3.05, 3.63) is 417 Å². The quantitative estimate of drug-likeness (QED) is 0.140. The average Bonchev–Trinajstić information content (AvgIpc) is 1.55. The predicted octanol–water partition coefficient (Wildman–Crippen LogP) is 33.4. The monoisotopic (exact) mass is 1630 g/mol. The van der Waals surface area contributed by atoms with Crippen molar-refractivity contribution >= 4 is 214 Å². The number of aromatic nitrogens is 2. The van der Waals surface area contributed by atoms with Gasteiger partial charge in [-0.15, -0.1) is 45.3 Å². The molecule has 18 aromatic carbocycles. The number of anilines is 5. The highest BCUT2D eigenvalue weighted by atomic mass is 79.9. The summed E-state index contributed by atoms with van der Waals surface area (Å²) in [5, 5.41) is 19.2. The standard InChI is InChI=1S/C54H34N2S2.C30H18BrNS.C24H17NS/c1-3-13-35(14-4-1)36-23-27-39(28-24-36)55(41-31-32-51-46(33-41)43-18-8-11-21-49(43)57-51)40-29-25-37(26-30-40)45-34-47-42-17-7-10-20-48(42)56(38-15-5-2-6-16-38)53(47)52-44-19-9-12-22-50(44)58-54(45)52;31-20-16-14-19(15-17-20)24-18-25-22-10-4-6-12-26(22)32(21-8-2-1-3-9-21)29(25)28-23-11-5-7-13-27(23)33-30(24)28;1-2-6-17(7-3-1)18-10-12-19(13-11-18)25-20-14-15-24-22(16-20)21-8-4-5-9-23(21)26-24/h1-34H;1-18H;1-16,25H. The van der Waals surface area contributed by atoms with Crippen molar-refractivity contribution in [3.8, 4) is 55.9 Å². The van der Waals surface area contributed by atoms with E-state index in [4.69, 9.17) is 0 Å². The average molecular weight is 1630 g/mol. The molecule has 9 heteroatoms. The zero-order valence-electron chi connectivity index (χ0n) is 63.1. The SMILES string of the molecule is Brc1ccc(-c2cc3c4ccccc4n(-c4ccccc4)c3c3c2sc2ccccc23)cc1.c1ccc(-c2ccc(N(c3ccc(-c4cc5c6ccccc6n(-c6ccccc6)c5c5c4sc4ccccc45)cc3)c3ccc4sc5ccccc5c4c3)cc2)cc1.c1ccc(-c2ccc(Nc3ccc4sc5ccccc5c4c3)cc2)cc1. The molecule has 552 valence electrons. The van der Waals surface area contributed by atoms with E-state index >= 15 is 0 Å². The van der Waals surface area contributed by atoms with E-state index in [9.17, 15) is 0 Å². The molecule has 0 fully saturated rings. The molecule has 4 nitrogen and oxygen atoms in total. The Labute approximate surface area is 700 Å². The summed E-state index contributed by atoms with van der Waals surface area (Å²) in [6.45, 7) is 0. The van der Waals surface area contributed by atoms with E-state index in [2.05, 4.69) is 442 Å². The number of hydrogen-bond donors (Lipinski definition) is 1. The van der Waals surface area contributed by atoms with Gasteiger partial charge >= 0.3 is 0 Å². The molecule has 24 aromatic rings. The molecule has 6 heterocycles. The number of nitrogens with zero attached hydrogens (tertiary/aromatic N) is 3. The summed E-state index contributed by atoms with van der Waals surface area (Å²) < 4.78 is 16.6. The minimum Gasteiger partial charge on any atom is -0.356 e. The van der Waals surface area contributed by atoms with Gasteiger partial charge in [-0.2, -0.15) is 0 Å². The number of thiophene rings is 4. The third kappa shape index (κ3) is 12.6. The van der Waals surface area contributed by atoms with Crippen molar-refractivity contribution in [2.45, 2.75) is 0 Å². The van der Waals surface area contributed by atoms with Gasteiger partial charge < -0.3 is 19.4 Å². The first-order valence-corrected chi connectivity index (χ1v) is 43.4. The van der Waals surface area contributed by atoms with Gasteiger partial charge in [0.05, 0.1) is 22.1 Å². The molecule has 6 aromatic heterocycles. The highest BCUT2D eigenvalue weighted by Gasteiger charge is 2.25. The van der Waals surface area contributed by atoms with Crippen LogP contribution in [0, 0.1) is 0 Å². The maximum Gasteiger partial charge on any atom is 0.0634 e. The summed E-state index contributed by atoms with van der Waals surface area (Å²) in [6, 6.07) is 149. The molecular formula is C108H69BrN4S4. The van der Waals surface area contributed by atoms with E-state index in [1.807, 2.05) is 51.4 Å². The fourth-order valence-corrected chi connectivity index (χ4v) is 22.2. The summed E-state index contributed by atoms with van der Waals surface area (Å²) >= 11 is 11.1. The van der Waals surface area contributed by atoms with Crippen LogP contribution in [0.25, 0.3) is 180 Å². The highest BCUT2D eigenvalue weighted by Crippen LogP contribution is 2.51. The largest absolute Gasteiger partial charge is 0.356 e. The number of halogens is 1. The Morgan fingerprint density at radius 2 is 0.564 bits per heavy atom. The van der Waals surface area contributed by atoms with Gasteiger partial charge in [0.1, 0.15) is 0 Å². The second-order valence-corrected chi connectivity index (χ2v) is 34.8. The number of para-hydroxylation sites is 4. The van der Waals surface area contributed by atoms with E-state index in [1.165, 1.54) is 180 Å². The van der Waals surface area contributed by atoms with Gasteiger partial charge in [0, 0.05) is 158 Å². The molecule has 0 saturated carbocycles. The topological polar surface area (TPSA) is 25.1 Å². The third-order valence-corrected chi connectivity index (χ3v) is 27.9. The number of benzene rings is 18. The molecule has 117 heavy (non-hydrogen) atoms. The van der Waals surface area contributed by atoms with E-state index in [-0.39, 0.29) is 0 Å². The number of rotatable bonds is 11. The van der Waals surface area contributed by atoms with Crippen molar-refractivity contribution in [1.82, 2.24) is 9.13 Å². The lowest BCUT2D eigenvalue weighted by molar-refractivity contribution is 1.19. The van der Waals surface area contributed by atoms with Crippen LogP contribution in [0.5, 0.6) is 0 Å². The van der Waals surface area contributed by atoms with E-state index < -0.39 is 0 Å². The maximum atomic E-state index is 3.60. The number of hydrogen-bond acceptors (Lipinski definition) is 6. The molecule has 24 rings (SSSR count). The summed E-state index contributed by atoms with van der Waals surface area (Å²) in [4.78, 5) is 2.40. The molecule has 0 aliphatic rings. The van der Waals surface area contributed by atoms with Crippen molar-refractivity contribution in [1.29, 1.82) is 0 Å². The van der Waals surface area contributed by atoms with Crippen LogP contribution in [0.4, 0.5) is 28.4 Å². The summed E-state index contributed by atoms with van der Waals surface area (Å²) in [7, 11) is 0. The Hall–Kier alpha value is -13.5. The van der Waals surface area contributed by atoms with Gasteiger partial charge in [-0.05, 0) is 191 Å². The summed E-state index contributed by atoms with van der Waals surface area (Å²) in [5.41, 5.74) is 22.9. The molecule has 0 aliphatic heterocycles.